The lowest BCUT2D eigenvalue weighted by Crippen LogP contribution is -2.22. The molecule has 0 aliphatic rings. The Morgan fingerprint density at radius 1 is 1.04 bits per heavy atom. The van der Waals surface area contributed by atoms with E-state index in [1.807, 2.05) is 0 Å². The maximum absolute atomic E-state index is 11.9. The highest BCUT2D eigenvalue weighted by Gasteiger charge is 2.10. The molecule has 0 fully saturated rings. The van der Waals surface area contributed by atoms with Gasteiger partial charge >= 0.3 is 5.97 Å². The van der Waals surface area contributed by atoms with E-state index in [2.05, 4.69) is 5.32 Å². The van der Waals surface area contributed by atoms with E-state index < -0.39 is 18.5 Å². The number of carbonyl (C=O) groups excluding carboxylic acids is 3. The van der Waals surface area contributed by atoms with Gasteiger partial charge in [-0.1, -0.05) is 29.3 Å². The summed E-state index contributed by atoms with van der Waals surface area (Å²) in [5.41, 5.74) is 1.46. The lowest BCUT2D eigenvalue weighted by molar-refractivity contribution is -0.142. The van der Waals surface area contributed by atoms with Crippen LogP contribution in [0.25, 0.3) is 6.08 Å². The van der Waals surface area contributed by atoms with Crippen LogP contribution in [0.4, 0.5) is 5.69 Å². The minimum Gasteiger partial charge on any atom is -0.452 e. The number of nitrogens with zero attached hydrogens (tertiary/aromatic N) is 1. The van der Waals surface area contributed by atoms with Crippen molar-refractivity contribution in [1.82, 2.24) is 4.90 Å². The van der Waals surface area contributed by atoms with Gasteiger partial charge in [-0.15, -0.1) is 0 Å². The molecule has 0 atom stereocenters. The van der Waals surface area contributed by atoms with Crippen LogP contribution in [0.5, 0.6) is 0 Å². The molecule has 2 amide bonds. The zero-order valence-electron chi connectivity index (χ0n) is 15.2. The Labute approximate surface area is 172 Å². The number of anilines is 1. The number of hydrogen-bond donors (Lipinski definition) is 1. The van der Waals surface area contributed by atoms with Gasteiger partial charge in [0, 0.05) is 47.0 Å². The maximum atomic E-state index is 11.9. The Morgan fingerprint density at radius 3 is 2.21 bits per heavy atom. The second-order valence-electron chi connectivity index (χ2n) is 5.90. The zero-order valence-corrected chi connectivity index (χ0v) is 16.8. The summed E-state index contributed by atoms with van der Waals surface area (Å²) < 4.78 is 4.89. The van der Waals surface area contributed by atoms with Gasteiger partial charge in [0.1, 0.15) is 0 Å². The maximum Gasteiger partial charge on any atom is 0.331 e. The number of carbonyl (C=O) groups is 3. The molecule has 0 aliphatic heterocycles. The van der Waals surface area contributed by atoms with Crippen LogP contribution in [0.15, 0.2) is 48.5 Å². The van der Waals surface area contributed by atoms with E-state index >= 15 is 0 Å². The normalized spacial score (nSPS) is 10.6. The van der Waals surface area contributed by atoms with Crippen LogP contribution in [-0.2, 0) is 14.3 Å². The fraction of sp³-hybridized carbons (Fsp3) is 0.150. The van der Waals surface area contributed by atoms with Crippen molar-refractivity contribution in [3.05, 3.63) is 69.7 Å². The summed E-state index contributed by atoms with van der Waals surface area (Å²) in [6.07, 6.45) is 2.56. The van der Waals surface area contributed by atoms with Crippen LogP contribution in [0, 0.1) is 0 Å². The first-order chi connectivity index (χ1) is 13.3. The van der Waals surface area contributed by atoms with Crippen LogP contribution in [0.2, 0.25) is 10.0 Å². The highest BCUT2D eigenvalue weighted by atomic mass is 35.5. The van der Waals surface area contributed by atoms with Crippen molar-refractivity contribution in [3.8, 4) is 0 Å². The molecule has 0 saturated carbocycles. The first-order valence-corrected chi connectivity index (χ1v) is 8.94. The average molecular weight is 421 g/mol. The van der Waals surface area contributed by atoms with Crippen LogP contribution in [-0.4, -0.2) is 43.4 Å². The lowest BCUT2D eigenvalue weighted by atomic mass is 10.2. The minimum absolute atomic E-state index is 0.141. The van der Waals surface area contributed by atoms with Gasteiger partial charge in [0.2, 0.25) is 0 Å². The molecule has 6 nitrogen and oxygen atoms in total. The SMILES string of the molecule is CN(C)C(=O)c1ccc(NC(=O)COC(=O)/C=C/c2c(Cl)cccc2Cl)cc1. The van der Waals surface area contributed by atoms with E-state index in [4.69, 9.17) is 27.9 Å². The summed E-state index contributed by atoms with van der Waals surface area (Å²) in [4.78, 5) is 36.9. The molecule has 0 radical (unpaired) electrons. The summed E-state index contributed by atoms with van der Waals surface area (Å²) in [6, 6.07) is 11.4. The minimum atomic E-state index is -0.710. The second-order valence-corrected chi connectivity index (χ2v) is 6.72. The van der Waals surface area contributed by atoms with Crippen LogP contribution >= 0.6 is 23.2 Å². The highest BCUT2D eigenvalue weighted by molar-refractivity contribution is 6.37. The Bertz CT molecular complexity index is 889. The Morgan fingerprint density at radius 2 is 1.64 bits per heavy atom. The number of nitrogens with one attached hydrogen (secondary N) is 1. The summed E-state index contributed by atoms with van der Waals surface area (Å²) in [6.45, 7) is -0.461. The third-order valence-electron chi connectivity index (χ3n) is 3.55. The van der Waals surface area contributed by atoms with Gasteiger partial charge in [-0.25, -0.2) is 4.79 Å². The Balaban J connectivity index is 1.86. The second kappa shape index (κ2) is 9.92. The summed E-state index contributed by atoms with van der Waals surface area (Å²) in [7, 11) is 3.31. The third kappa shape index (κ3) is 6.11. The van der Waals surface area contributed by atoms with E-state index in [1.165, 1.54) is 11.0 Å². The topological polar surface area (TPSA) is 75.7 Å². The predicted molar refractivity (Wildman–Crippen MR) is 110 cm³/mol. The lowest BCUT2D eigenvalue weighted by Gasteiger charge is -2.11. The highest BCUT2D eigenvalue weighted by Crippen LogP contribution is 2.25. The first kappa shape index (κ1) is 21.5. The van der Waals surface area contributed by atoms with Crippen molar-refractivity contribution in [2.45, 2.75) is 0 Å². The third-order valence-corrected chi connectivity index (χ3v) is 4.21. The molecule has 8 heteroatoms. The molecule has 2 aromatic rings. The van der Waals surface area contributed by atoms with Crippen LogP contribution in [0.1, 0.15) is 15.9 Å². The van der Waals surface area contributed by atoms with E-state index in [0.717, 1.165) is 6.08 Å². The van der Waals surface area contributed by atoms with Gasteiger partial charge in [0.15, 0.2) is 6.61 Å². The van der Waals surface area contributed by atoms with E-state index in [0.29, 0.717) is 26.9 Å². The number of hydrogen-bond acceptors (Lipinski definition) is 4. The van der Waals surface area contributed by atoms with Crippen molar-refractivity contribution < 1.29 is 19.1 Å². The standard InChI is InChI=1S/C20H18Cl2N2O4/c1-24(2)20(27)13-6-8-14(9-7-13)23-18(25)12-28-19(26)11-10-15-16(21)4-3-5-17(15)22/h3-11H,12H2,1-2H3,(H,23,25)/b11-10+. The van der Waals surface area contributed by atoms with Gasteiger partial charge < -0.3 is 15.0 Å². The number of amides is 2. The van der Waals surface area contributed by atoms with Crippen molar-refractivity contribution in [2.24, 2.45) is 0 Å². The van der Waals surface area contributed by atoms with Crippen molar-refractivity contribution in [1.29, 1.82) is 0 Å². The fourth-order valence-electron chi connectivity index (χ4n) is 2.16. The molecular formula is C20H18Cl2N2O4. The molecule has 1 N–H and O–H groups in total. The molecule has 28 heavy (non-hydrogen) atoms. The number of halogens is 2. The van der Waals surface area contributed by atoms with Gasteiger partial charge in [-0.05, 0) is 42.5 Å². The molecule has 146 valence electrons. The van der Waals surface area contributed by atoms with Crippen LogP contribution in [0.3, 0.4) is 0 Å². The molecular weight excluding hydrogens is 403 g/mol. The first-order valence-electron chi connectivity index (χ1n) is 8.18. The van der Waals surface area contributed by atoms with Gasteiger partial charge in [-0.3, -0.25) is 9.59 Å². The van der Waals surface area contributed by atoms with Gasteiger partial charge in [-0.2, -0.15) is 0 Å². The summed E-state index contributed by atoms with van der Waals surface area (Å²) >= 11 is 12.0. The number of benzene rings is 2. The van der Waals surface area contributed by atoms with E-state index in [9.17, 15) is 14.4 Å². The molecule has 0 saturated heterocycles. The van der Waals surface area contributed by atoms with E-state index in [-0.39, 0.29) is 5.91 Å². The smallest absolute Gasteiger partial charge is 0.331 e. The predicted octanol–water partition coefficient (Wildman–Crippen LogP) is 3.89. The van der Waals surface area contributed by atoms with Gasteiger partial charge in [0.05, 0.1) is 0 Å². The monoisotopic (exact) mass is 420 g/mol. The molecule has 0 spiro atoms. The van der Waals surface area contributed by atoms with E-state index in [1.54, 1.807) is 56.6 Å². The van der Waals surface area contributed by atoms with Crippen molar-refractivity contribution in [2.75, 3.05) is 26.0 Å². The number of ether oxygens (including phenoxy) is 1. The molecule has 0 unspecified atom stereocenters. The zero-order chi connectivity index (χ0) is 20.7. The molecule has 2 rings (SSSR count). The van der Waals surface area contributed by atoms with Crippen molar-refractivity contribution in [3.63, 3.8) is 0 Å². The molecule has 0 bridgehead atoms. The summed E-state index contributed by atoms with van der Waals surface area (Å²) in [5.74, 6) is -1.36. The number of rotatable bonds is 6. The fourth-order valence-corrected chi connectivity index (χ4v) is 2.68. The molecule has 2 aromatic carbocycles. The summed E-state index contributed by atoms with van der Waals surface area (Å²) in [5, 5.41) is 3.37. The molecule has 0 heterocycles. The van der Waals surface area contributed by atoms with Gasteiger partial charge in [0.25, 0.3) is 11.8 Å². The average Bonchev–Trinajstić information content (AvgIpc) is 2.66. The van der Waals surface area contributed by atoms with Crippen molar-refractivity contribution >= 4 is 52.7 Å². The number of esters is 1. The largest absolute Gasteiger partial charge is 0.452 e. The molecule has 0 aliphatic carbocycles. The quantitative estimate of drug-likeness (QED) is 0.567. The van der Waals surface area contributed by atoms with Crippen LogP contribution < -0.4 is 5.32 Å². The Kier molecular flexibility index (Phi) is 7.61. The molecule has 0 aromatic heterocycles. The Hall–Kier alpha value is -2.83.